The van der Waals surface area contributed by atoms with Gasteiger partial charge in [0, 0.05) is 36.2 Å². The number of aromatic nitrogens is 4. The van der Waals surface area contributed by atoms with Gasteiger partial charge in [-0.2, -0.15) is 10.2 Å². The van der Waals surface area contributed by atoms with Gasteiger partial charge >= 0.3 is 0 Å². The Morgan fingerprint density at radius 3 is 2.64 bits per heavy atom. The van der Waals surface area contributed by atoms with E-state index in [0.29, 0.717) is 12.2 Å². The Kier molecular flexibility index (Phi) is 6.36. The lowest BCUT2D eigenvalue weighted by Crippen LogP contribution is -2.26. The number of nitrogens with zero attached hydrogens (tertiary/aromatic N) is 4. The second-order valence-corrected chi connectivity index (χ2v) is 7.07. The Balaban J connectivity index is 1.46. The second-order valence-electron chi connectivity index (χ2n) is 6.69. The molecule has 0 unspecified atom stereocenters. The standard InChI is InChI=1S/C20H24ClN5O2/c1-14-11-17(12-15(2)19(14)21)28-13-25-10-6-18(24-25)20(27)22-7-4-9-26-16(3)5-8-23-26/h5-6,8,10-12H,4,7,9,13H2,1-3H3,(H,22,27). The van der Waals surface area contributed by atoms with Crippen LogP contribution in [0.5, 0.6) is 5.75 Å². The van der Waals surface area contributed by atoms with Gasteiger partial charge in [-0.25, -0.2) is 4.68 Å². The predicted molar refractivity (Wildman–Crippen MR) is 108 cm³/mol. The molecule has 0 fully saturated rings. The second kappa shape index (κ2) is 8.93. The number of amides is 1. The third-order valence-corrected chi connectivity index (χ3v) is 5.00. The number of aryl methyl sites for hydroxylation is 4. The molecule has 0 saturated carbocycles. The molecule has 1 N–H and O–H groups in total. The van der Waals surface area contributed by atoms with Crippen molar-refractivity contribution in [1.82, 2.24) is 24.9 Å². The number of nitrogens with one attached hydrogen (secondary N) is 1. The lowest BCUT2D eigenvalue weighted by Gasteiger charge is -2.10. The van der Waals surface area contributed by atoms with Crippen molar-refractivity contribution < 1.29 is 9.53 Å². The van der Waals surface area contributed by atoms with Gasteiger partial charge in [0.15, 0.2) is 6.73 Å². The van der Waals surface area contributed by atoms with Crippen molar-refractivity contribution in [3.8, 4) is 5.75 Å². The summed E-state index contributed by atoms with van der Waals surface area (Å²) in [5, 5.41) is 12.1. The maximum Gasteiger partial charge on any atom is 0.271 e. The molecule has 0 aliphatic carbocycles. The molecule has 1 amide bonds. The summed E-state index contributed by atoms with van der Waals surface area (Å²) in [5.41, 5.74) is 3.39. The average molecular weight is 402 g/mol. The van der Waals surface area contributed by atoms with E-state index in [1.165, 1.54) is 0 Å². The summed E-state index contributed by atoms with van der Waals surface area (Å²) >= 11 is 6.17. The van der Waals surface area contributed by atoms with Crippen molar-refractivity contribution in [2.24, 2.45) is 0 Å². The fraction of sp³-hybridized carbons (Fsp3) is 0.350. The minimum absolute atomic E-state index is 0.200. The van der Waals surface area contributed by atoms with Crippen LogP contribution < -0.4 is 10.1 Å². The number of carbonyl (C=O) groups excluding carboxylic acids is 1. The molecule has 2 heterocycles. The maximum atomic E-state index is 12.2. The Morgan fingerprint density at radius 1 is 1.21 bits per heavy atom. The van der Waals surface area contributed by atoms with Crippen LogP contribution in [-0.4, -0.2) is 32.0 Å². The van der Waals surface area contributed by atoms with E-state index in [4.69, 9.17) is 16.3 Å². The van der Waals surface area contributed by atoms with Gasteiger partial charge in [0.05, 0.1) is 0 Å². The largest absolute Gasteiger partial charge is 0.471 e. The fourth-order valence-electron chi connectivity index (χ4n) is 2.84. The highest BCUT2D eigenvalue weighted by atomic mass is 35.5. The van der Waals surface area contributed by atoms with Crippen molar-refractivity contribution in [2.75, 3.05) is 6.54 Å². The van der Waals surface area contributed by atoms with E-state index in [2.05, 4.69) is 15.5 Å². The monoisotopic (exact) mass is 401 g/mol. The smallest absolute Gasteiger partial charge is 0.271 e. The molecule has 0 aliphatic rings. The van der Waals surface area contributed by atoms with Crippen molar-refractivity contribution in [3.63, 3.8) is 0 Å². The highest BCUT2D eigenvalue weighted by Crippen LogP contribution is 2.25. The average Bonchev–Trinajstić information content (AvgIpc) is 3.30. The molecule has 0 bridgehead atoms. The highest BCUT2D eigenvalue weighted by Gasteiger charge is 2.10. The van der Waals surface area contributed by atoms with Crippen molar-refractivity contribution in [3.05, 3.63) is 64.2 Å². The summed E-state index contributed by atoms with van der Waals surface area (Å²) in [6, 6.07) is 7.40. The quantitative estimate of drug-likeness (QED) is 0.586. The third-order valence-electron chi connectivity index (χ3n) is 4.41. The number of ether oxygens (including phenoxy) is 1. The zero-order chi connectivity index (χ0) is 20.1. The van der Waals surface area contributed by atoms with Crippen molar-refractivity contribution >= 4 is 17.5 Å². The number of hydrogen-bond acceptors (Lipinski definition) is 4. The molecule has 2 aromatic heterocycles. The van der Waals surface area contributed by atoms with E-state index in [1.807, 2.05) is 43.7 Å². The van der Waals surface area contributed by atoms with Gasteiger partial charge in [0.2, 0.25) is 0 Å². The normalized spacial score (nSPS) is 10.9. The van der Waals surface area contributed by atoms with Crippen LogP contribution in [0.2, 0.25) is 5.02 Å². The molecule has 28 heavy (non-hydrogen) atoms. The van der Waals surface area contributed by atoms with Gasteiger partial charge < -0.3 is 10.1 Å². The summed E-state index contributed by atoms with van der Waals surface area (Å²) in [4.78, 5) is 12.2. The van der Waals surface area contributed by atoms with E-state index in [-0.39, 0.29) is 12.6 Å². The van der Waals surface area contributed by atoms with Crippen LogP contribution in [-0.2, 0) is 13.3 Å². The van der Waals surface area contributed by atoms with Crippen LogP contribution in [0.1, 0.15) is 33.7 Å². The molecule has 0 aliphatic heterocycles. The van der Waals surface area contributed by atoms with Gasteiger partial charge in [-0.15, -0.1) is 0 Å². The van der Waals surface area contributed by atoms with Gasteiger partial charge in [-0.1, -0.05) is 11.6 Å². The Labute approximate surface area is 169 Å². The number of carbonyl (C=O) groups is 1. The molecule has 8 heteroatoms. The van der Waals surface area contributed by atoms with Gasteiger partial charge in [-0.3, -0.25) is 9.48 Å². The number of rotatable bonds is 8. The van der Waals surface area contributed by atoms with Crippen LogP contribution in [0.4, 0.5) is 0 Å². The summed E-state index contributed by atoms with van der Waals surface area (Å²) in [6.07, 6.45) is 4.29. The van der Waals surface area contributed by atoms with E-state index >= 15 is 0 Å². The highest BCUT2D eigenvalue weighted by molar-refractivity contribution is 6.32. The van der Waals surface area contributed by atoms with Crippen LogP contribution in [0.15, 0.2) is 36.7 Å². The van der Waals surface area contributed by atoms with Gasteiger partial charge in [0.25, 0.3) is 5.91 Å². The number of benzene rings is 1. The van der Waals surface area contributed by atoms with E-state index < -0.39 is 0 Å². The van der Waals surface area contributed by atoms with Gasteiger partial charge in [0.1, 0.15) is 11.4 Å². The summed E-state index contributed by atoms with van der Waals surface area (Å²) < 4.78 is 9.25. The lowest BCUT2D eigenvalue weighted by molar-refractivity contribution is 0.0945. The maximum absolute atomic E-state index is 12.2. The molecule has 0 atom stereocenters. The van der Waals surface area contributed by atoms with E-state index in [0.717, 1.165) is 40.6 Å². The minimum atomic E-state index is -0.200. The van der Waals surface area contributed by atoms with E-state index in [1.54, 1.807) is 23.1 Å². The minimum Gasteiger partial charge on any atom is -0.471 e. The lowest BCUT2D eigenvalue weighted by atomic mass is 10.1. The van der Waals surface area contributed by atoms with E-state index in [9.17, 15) is 4.79 Å². The number of halogens is 1. The first-order chi connectivity index (χ1) is 13.4. The molecule has 0 radical (unpaired) electrons. The molecular weight excluding hydrogens is 378 g/mol. The molecular formula is C20H24ClN5O2. The summed E-state index contributed by atoms with van der Waals surface area (Å²) in [7, 11) is 0. The Bertz CT molecular complexity index is 940. The SMILES string of the molecule is Cc1cc(OCn2ccc(C(=O)NCCCn3nccc3C)n2)cc(C)c1Cl. The first-order valence-electron chi connectivity index (χ1n) is 9.13. The fourth-order valence-corrected chi connectivity index (χ4v) is 2.95. The molecule has 0 spiro atoms. The first-order valence-corrected chi connectivity index (χ1v) is 9.51. The first kappa shape index (κ1) is 19.9. The molecule has 3 aromatic rings. The van der Waals surface area contributed by atoms with Crippen LogP contribution in [0, 0.1) is 20.8 Å². The van der Waals surface area contributed by atoms with Crippen molar-refractivity contribution in [1.29, 1.82) is 0 Å². The van der Waals surface area contributed by atoms with Crippen molar-refractivity contribution in [2.45, 2.75) is 40.5 Å². The Morgan fingerprint density at radius 2 is 1.96 bits per heavy atom. The molecule has 1 aromatic carbocycles. The molecule has 3 rings (SSSR count). The molecule has 0 saturated heterocycles. The zero-order valence-corrected chi connectivity index (χ0v) is 17.0. The predicted octanol–water partition coefficient (Wildman–Crippen LogP) is 3.51. The Hall–Kier alpha value is -2.80. The van der Waals surface area contributed by atoms with Gasteiger partial charge in [-0.05, 0) is 62.6 Å². The third kappa shape index (κ3) is 4.92. The summed E-state index contributed by atoms with van der Waals surface area (Å²) in [5.74, 6) is 0.518. The molecule has 7 nitrogen and oxygen atoms in total. The van der Waals surface area contributed by atoms with Crippen LogP contribution >= 0.6 is 11.6 Å². The number of hydrogen-bond donors (Lipinski definition) is 1. The topological polar surface area (TPSA) is 74.0 Å². The molecule has 148 valence electrons. The summed E-state index contributed by atoms with van der Waals surface area (Å²) in [6.45, 7) is 7.42. The van der Waals surface area contributed by atoms with Crippen LogP contribution in [0.25, 0.3) is 0 Å². The van der Waals surface area contributed by atoms with Crippen LogP contribution in [0.3, 0.4) is 0 Å². The zero-order valence-electron chi connectivity index (χ0n) is 16.3.